The van der Waals surface area contributed by atoms with Crippen molar-refractivity contribution < 1.29 is 18.0 Å². The minimum Gasteiger partial charge on any atom is -0.339 e. The molecule has 1 aliphatic rings. The second kappa shape index (κ2) is 8.80. The maximum Gasteiger partial charge on any atom is 0.413 e. The summed E-state index contributed by atoms with van der Waals surface area (Å²) in [6, 6.07) is 5.67. The van der Waals surface area contributed by atoms with Crippen LogP contribution in [-0.2, 0) is 6.42 Å². The van der Waals surface area contributed by atoms with Gasteiger partial charge in [0.25, 0.3) is 5.91 Å². The van der Waals surface area contributed by atoms with Crippen LogP contribution in [0.25, 0.3) is 5.65 Å². The average Bonchev–Trinajstić information content (AvgIpc) is 3.42. The van der Waals surface area contributed by atoms with E-state index < -0.39 is 18.1 Å². The number of nitrogens with zero attached hydrogens (tertiary/aromatic N) is 6. The third-order valence-corrected chi connectivity index (χ3v) is 7.05. The molecule has 1 amide bonds. The molecule has 0 spiro atoms. The number of alkyl halides is 3. The van der Waals surface area contributed by atoms with E-state index in [1.807, 2.05) is 4.90 Å². The van der Waals surface area contributed by atoms with Crippen molar-refractivity contribution in [3.8, 4) is 0 Å². The van der Waals surface area contributed by atoms with Crippen LogP contribution in [0.3, 0.4) is 0 Å². The van der Waals surface area contributed by atoms with E-state index in [0.717, 1.165) is 37.0 Å². The number of rotatable bonds is 4. The van der Waals surface area contributed by atoms with Gasteiger partial charge in [0.15, 0.2) is 16.8 Å². The van der Waals surface area contributed by atoms with Gasteiger partial charge in [0, 0.05) is 30.2 Å². The predicted octanol–water partition coefficient (Wildman–Crippen LogP) is 5.61. The number of carbonyl (C=O) groups excluding carboxylic acids is 1. The van der Waals surface area contributed by atoms with Gasteiger partial charge in [-0.05, 0) is 37.5 Å². The first-order valence-electron chi connectivity index (χ1n) is 10.8. The maximum atomic E-state index is 14.1. The summed E-state index contributed by atoms with van der Waals surface area (Å²) in [4.78, 5) is 24.4. The van der Waals surface area contributed by atoms with Crippen LogP contribution < -0.4 is 4.90 Å². The number of aromatic nitrogens is 4. The quantitative estimate of drug-likeness (QED) is 0.350. The van der Waals surface area contributed by atoms with Crippen LogP contribution in [0, 0.1) is 6.92 Å². The lowest BCUT2D eigenvalue weighted by Crippen LogP contribution is -2.40. The Balaban J connectivity index is 1.47. The van der Waals surface area contributed by atoms with Crippen molar-refractivity contribution in [1.82, 2.24) is 24.5 Å². The summed E-state index contributed by atoms with van der Waals surface area (Å²) in [5, 5.41) is 4.65. The van der Waals surface area contributed by atoms with Gasteiger partial charge in [-0.3, -0.25) is 4.79 Å². The summed E-state index contributed by atoms with van der Waals surface area (Å²) in [6.07, 6.45) is -1.32. The topological polar surface area (TPSA) is 66.6 Å². The highest BCUT2D eigenvalue weighted by Crippen LogP contribution is 2.40. The highest BCUT2D eigenvalue weighted by molar-refractivity contribution is 7.09. The summed E-state index contributed by atoms with van der Waals surface area (Å²) in [7, 11) is 1.15. The van der Waals surface area contributed by atoms with Gasteiger partial charge < -0.3 is 9.80 Å². The summed E-state index contributed by atoms with van der Waals surface area (Å²) < 4.78 is 44.0. The maximum absolute atomic E-state index is 14.1. The first-order chi connectivity index (χ1) is 16.6. The average molecular weight is 521 g/mol. The van der Waals surface area contributed by atoms with Gasteiger partial charge in [0.05, 0.1) is 23.1 Å². The van der Waals surface area contributed by atoms with Crippen molar-refractivity contribution in [2.24, 2.45) is 0 Å². The molecule has 5 rings (SSSR count). The minimum atomic E-state index is -4.66. The highest BCUT2D eigenvalue weighted by atomic mass is 35.5. The summed E-state index contributed by atoms with van der Waals surface area (Å²) >= 11 is 7.26. The van der Waals surface area contributed by atoms with Crippen molar-refractivity contribution in [3.63, 3.8) is 0 Å². The molecule has 12 heteroatoms. The zero-order valence-corrected chi connectivity index (χ0v) is 20.3. The molecule has 0 radical (unpaired) electrons. The van der Waals surface area contributed by atoms with E-state index in [4.69, 9.17) is 11.6 Å². The number of hydrogen-bond donors (Lipinski definition) is 0. The number of hydrogen-bond acceptors (Lipinski definition) is 6. The van der Waals surface area contributed by atoms with Gasteiger partial charge >= 0.3 is 6.18 Å². The summed E-state index contributed by atoms with van der Waals surface area (Å²) in [5.74, 6) is -0.770. The van der Waals surface area contributed by atoms with Crippen molar-refractivity contribution >= 4 is 45.9 Å². The lowest BCUT2D eigenvalue weighted by Gasteiger charge is -2.32. The Kier molecular flexibility index (Phi) is 5.92. The van der Waals surface area contributed by atoms with Crippen LogP contribution in [0.2, 0.25) is 5.15 Å². The van der Waals surface area contributed by atoms with E-state index in [9.17, 15) is 18.0 Å². The Morgan fingerprint density at radius 3 is 2.63 bits per heavy atom. The molecule has 3 aromatic heterocycles. The molecular weight excluding hydrogens is 501 g/mol. The molecule has 7 nitrogen and oxygen atoms in total. The van der Waals surface area contributed by atoms with E-state index in [-0.39, 0.29) is 11.3 Å². The summed E-state index contributed by atoms with van der Waals surface area (Å²) in [5.41, 5.74) is 4.58. The van der Waals surface area contributed by atoms with Crippen LogP contribution in [0.4, 0.5) is 24.5 Å². The monoisotopic (exact) mass is 520 g/mol. The number of thiazole rings is 1. The fourth-order valence-corrected chi connectivity index (χ4v) is 5.20. The number of carbonyl (C=O) groups is 1. The van der Waals surface area contributed by atoms with Crippen LogP contribution >= 0.6 is 22.9 Å². The zero-order valence-electron chi connectivity index (χ0n) is 18.8. The molecule has 0 N–H and O–H groups in total. The minimum absolute atomic E-state index is 0.0327. The molecule has 182 valence electrons. The fraction of sp³-hybridized carbons (Fsp3) is 0.304. The Bertz CT molecular complexity index is 1400. The molecule has 0 aliphatic carbocycles. The normalized spacial score (nSPS) is 14.7. The molecule has 1 atom stereocenters. The van der Waals surface area contributed by atoms with E-state index in [2.05, 4.69) is 15.1 Å². The standard InChI is InChI=1S/C23H20ClF3N6OS/c1-13-20(29-12-35-13)22(34)31(2)21(23(25,26)27)14-5-7-15(8-6-14)32-9-3-4-16-17(32)11-28-19-10-18(24)30-33(16)19/h5-8,10-12,21H,3-4,9H2,1-2H3/t21-/m0/s1. The molecule has 0 fully saturated rings. The lowest BCUT2D eigenvalue weighted by molar-refractivity contribution is -0.176. The van der Waals surface area contributed by atoms with Gasteiger partial charge in [-0.15, -0.1) is 11.3 Å². The fourth-order valence-electron chi connectivity index (χ4n) is 4.46. The third-order valence-electron chi connectivity index (χ3n) is 6.10. The van der Waals surface area contributed by atoms with E-state index in [1.165, 1.54) is 29.0 Å². The van der Waals surface area contributed by atoms with Crippen LogP contribution in [0.5, 0.6) is 0 Å². The van der Waals surface area contributed by atoms with Gasteiger partial charge in [-0.2, -0.15) is 18.3 Å². The number of amides is 1. The number of fused-ring (bicyclic) bond motifs is 3. The first kappa shape index (κ1) is 23.6. The van der Waals surface area contributed by atoms with Gasteiger partial charge in [0.2, 0.25) is 0 Å². The molecule has 0 unspecified atom stereocenters. The van der Waals surface area contributed by atoms with Gasteiger partial charge in [-0.1, -0.05) is 23.7 Å². The molecule has 35 heavy (non-hydrogen) atoms. The van der Waals surface area contributed by atoms with Crippen LogP contribution in [0.1, 0.15) is 39.1 Å². The van der Waals surface area contributed by atoms with Gasteiger partial charge in [-0.25, -0.2) is 14.5 Å². The van der Waals surface area contributed by atoms with Crippen molar-refractivity contribution in [2.75, 3.05) is 18.5 Å². The SMILES string of the molecule is Cc1scnc1C(=O)N(C)[C@@H](c1ccc(N2CCCc3c2cnc2cc(Cl)nn32)cc1)C(F)(F)F. The number of aryl methyl sites for hydroxylation is 2. The largest absolute Gasteiger partial charge is 0.413 e. The van der Waals surface area contributed by atoms with Crippen LogP contribution in [-0.4, -0.2) is 50.2 Å². The Morgan fingerprint density at radius 2 is 1.97 bits per heavy atom. The molecule has 1 aliphatic heterocycles. The molecule has 4 aromatic rings. The Labute approximate surface area is 207 Å². The molecule has 0 bridgehead atoms. The number of benzene rings is 1. The van der Waals surface area contributed by atoms with Crippen LogP contribution in [0.15, 0.2) is 42.0 Å². The Morgan fingerprint density at radius 1 is 1.23 bits per heavy atom. The Hall–Kier alpha value is -3.18. The highest BCUT2D eigenvalue weighted by Gasteiger charge is 2.46. The molecule has 4 heterocycles. The molecule has 1 aromatic carbocycles. The zero-order chi connectivity index (χ0) is 24.9. The molecular formula is C23H20ClF3N6OS. The lowest BCUT2D eigenvalue weighted by atomic mass is 10.0. The van der Waals surface area contributed by atoms with Crippen molar-refractivity contribution in [2.45, 2.75) is 32.0 Å². The van der Waals surface area contributed by atoms with Crippen molar-refractivity contribution in [3.05, 3.63) is 69.0 Å². The van der Waals surface area contributed by atoms with E-state index >= 15 is 0 Å². The molecule has 0 saturated heterocycles. The molecule has 0 saturated carbocycles. The predicted molar refractivity (Wildman–Crippen MR) is 128 cm³/mol. The summed E-state index contributed by atoms with van der Waals surface area (Å²) in [6.45, 7) is 2.34. The second-order valence-corrected chi connectivity index (χ2v) is 9.74. The second-order valence-electron chi connectivity index (χ2n) is 8.29. The third kappa shape index (κ3) is 4.23. The van der Waals surface area contributed by atoms with E-state index in [0.29, 0.717) is 27.1 Å². The van der Waals surface area contributed by atoms with E-state index in [1.54, 1.807) is 35.8 Å². The van der Waals surface area contributed by atoms with Crippen molar-refractivity contribution in [1.29, 1.82) is 0 Å². The number of halogens is 4. The van der Waals surface area contributed by atoms with Gasteiger partial charge in [0.1, 0.15) is 5.69 Å². The first-order valence-corrected chi connectivity index (χ1v) is 12.1. The smallest absolute Gasteiger partial charge is 0.339 e. The number of anilines is 2.